The zero-order chi connectivity index (χ0) is 27.0. The van der Waals surface area contributed by atoms with Crippen molar-refractivity contribution < 1.29 is 26.7 Å². The number of sulfonamides is 1. The van der Waals surface area contributed by atoms with Gasteiger partial charge >= 0.3 is 6.09 Å². The minimum absolute atomic E-state index is 0.176. The van der Waals surface area contributed by atoms with E-state index in [1.165, 1.54) is 10.8 Å². The molecule has 0 bridgehead atoms. The fourth-order valence-corrected chi connectivity index (χ4v) is 5.28. The molecule has 0 unspecified atom stereocenters. The lowest BCUT2D eigenvalue weighted by Crippen LogP contribution is -2.50. The van der Waals surface area contributed by atoms with Crippen LogP contribution in [0.2, 0.25) is 0 Å². The molecule has 12 heteroatoms. The zero-order valence-electron chi connectivity index (χ0n) is 21.3. The van der Waals surface area contributed by atoms with E-state index in [0.29, 0.717) is 49.5 Å². The Morgan fingerprint density at radius 2 is 1.78 bits per heavy atom. The van der Waals surface area contributed by atoms with E-state index >= 15 is 4.39 Å². The van der Waals surface area contributed by atoms with E-state index < -0.39 is 32.9 Å². The van der Waals surface area contributed by atoms with Gasteiger partial charge in [0.05, 0.1) is 22.5 Å². The fourth-order valence-electron chi connectivity index (χ4n) is 4.15. The highest BCUT2D eigenvalue weighted by Crippen LogP contribution is 2.30. The number of anilines is 2. The second-order valence-electron chi connectivity index (χ2n) is 9.89. The lowest BCUT2D eigenvalue weighted by atomic mass is 10.2. The van der Waals surface area contributed by atoms with Crippen molar-refractivity contribution in [1.29, 1.82) is 0 Å². The number of hydrogen-bond donors (Lipinski definition) is 1. The molecule has 1 aromatic carbocycles. The second-order valence-corrected chi connectivity index (χ2v) is 11.7. The van der Waals surface area contributed by atoms with Crippen LogP contribution in [0.15, 0.2) is 36.5 Å². The van der Waals surface area contributed by atoms with E-state index in [1.807, 2.05) is 25.7 Å². The summed E-state index contributed by atoms with van der Waals surface area (Å²) in [4.78, 5) is 20.7. The number of rotatable bonds is 6. The van der Waals surface area contributed by atoms with Gasteiger partial charge in [-0.15, -0.1) is 0 Å². The van der Waals surface area contributed by atoms with Crippen molar-refractivity contribution in [2.24, 2.45) is 0 Å². The number of benzene rings is 1. The van der Waals surface area contributed by atoms with Gasteiger partial charge in [-0.25, -0.2) is 27.0 Å². The minimum atomic E-state index is -3.76. The molecule has 9 nitrogen and oxygen atoms in total. The molecule has 0 spiro atoms. The zero-order valence-corrected chi connectivity index (χ0v) is 22.1. The van der Waals surface area contributed by atoms with Crippen molar-refractivity contribution in [1.82, 2.24) is 14.5 Å². The molecule has 1 N–H and O–H groups in total. The Morgan fingerprint density at radius 1 is 1.08 bits per heavy atom. The Labute approximate surface area is 215 Å². The van der Waals surface area contributed by atoms with Gasteiger partial charge in [-0.2, -0.15) is 0 Å². The molecule has 3 heterocycles. The third-order valence-corrected chi connectivity index (χ3v) is 7.31. The van der Waals surface area contributed by atoms with Gasteiger partial charge in [-0.3, -0.25) is 4.72 Å². The molecule has 1 aliphatic heterocycles. The maximum absolute atomic E-state index is 15.3. The Bertz CT molecular complexity index is 1410. The lowest BCUT2D eigenvalue weighted by Gasteiger charge is -2.36. The summed E-state index contributed by atoms with van der Waals surface area (Å²) >= 11 is 0. The molecule has 200 valence electrons. The Hall–Kier alpha value is -3.41. The molecule has 0 saturated carbocycles. The summed E-state index contributed by atoms with van der Waals surface area (Å²) in [7, 11) is -3.76. The van der Waals surface area contributed by atoms with Gasteiger partial charge in [0.15, 0.2) is 5.82 Å². The first-order valence-corrected chi connectivity index (χ1v) is 13.7. The molecular weight excluding hydrogens is 504 g/mol. The van der Waals surface area contributed by atoms with Crippen LogP contribution < -0.4 is 9.62 Å². The van der Waals surface area contributed by atoms with E-state index in [0.717, 1.165) is 12.1 Å². The third kappa shape index (κ3) is 5.95. The van der Waals surface area contributed by atoms with Crippen molar-refractivity contribution in [3.8, 4) is 5.69 Å². The maximum atomic E-state index is 15.3. The van der Waals surface area contributed by atoms with E-state index in [1.54, 1.807) is 30.0 Å². The second kappa shape index (κ2) is 10.2. The van der Waals surface area contributed by atoms with Crippen molar-refractivity contribution in [2.45, 2.75) is 39.7 Å². The van der Waals surface area contributed by atoms with E-state index in [-0.39, 0.29) is 17.5 Å². The summed E-state index contributed by atoms with van der Waals surface area (Å²) in [5.41, 5.74) is -0.302. The lowest BCUT2D eigenvalue weighted by molar-refractivity contribution is 0.0240. The number of nitrogens with zero attached hydrogens (tertiary/aromatic N) is 4. The van der Waals surface area contributed by atoms with Crippen LogP contribution in [0, 0.1) is 11.6 Å². The average Bonchev–Trinajstić information content (AvgIpc) is 3.23. The summed E-state index contributed by atoms with van der Waals surface area (Å²) in [5, 5.41) is 0. The number of carbonyl (C=O) groups is 1. The monoisotopic (exact) mass is 535 g/mol. The van der Waals surface area contributed by atoms with Crippen LogP contribution in [0.5, 0.6) is 0 Å². The van der Waals surface area contributed by atoms with Crippen LogP contribution in [0.4, 0.5) is 25.1 Å². The van der Waals surface area contributed by atoms with Crippen LogP contribution >= 0.6 is 0 Å². The summed E-state index contributed by atoms with van der Waals surface area (Å²) in [6, 6.07) is 7.21. The van der Waals surface area contributed by atoms with Crippen LogP contribution in [0.1, 0.15) is 34.1 Å². The standard InChI is InChI=1S/C25H31F2N5O4S/c1-5-16-37(34,35)29-19-7-6-17(26)23(22(19)27)32-11-10-18-20(32)8-9-21(28-18)30-12-14-31(15-13-30)24(33)36-25(2,3)4/h6-11,29H,5,12-16H2,1-4H3. The highest BCUT2D eigenvalue weighted by Gasteiger charge is 2.27. The smallest absolute Gasteiger partial charge is 0.410 e. The molecule has 2 aromatic heterocycles. The van der Waals surface area contributed by atoms with Gasteiger partial charge in [0.2, 0.25) is 10.0 Å². The molecule has 0 aliphatic carbocycles. The largest absolute Gasteiger partial charge is 0.444 e. The summed E-state index contributed by atoms with van der Waals surface area (Å²) < 4.78 is 63.3. The van der Waals surface area contributed by atoms with E-state index in [4.69, 9.17) is 4.74 Å². The highest BCUT2D eigenvalue weighted by atomic mass is 32.2. The molecule has 37 heavy (non-hydrogen) atoms. The number of nitrogens with one attached hydrogen (secondary N) is 1. The topological polar surface area (TPSA) is 96.8 Å². The number of halogens is 2. The SMILES string of the molecule is CCCS(=O)(=O)Nc1ccc(F)c(-n2ccc3nc(N4CCN(C(=O)OC(C)(C)C)CC4)ccc32)c1F. The Balaban J connectivity index is 1.56. The molecule has 1 saturated heterocycles. The first kappa shape index (κ1) is 26.6. The molecule has 3 aromatic rings. The molecule has 0 atom stereocenters. The van der Waals surface area contributed by atoms with Crippen LogP contribution in [0.3, 0.4) is 0 Å². The minimum Gasteiger partial charge on any atom is -0.444 e. The van der Waals surface area contributed by atoms with Crippen LogP contribution in [-0.2, 0) is 14.8 Å². The van der Waals surface area contributed by atoms with Gasteiger partial charge in [0.1, 0.15) is 22.9 Å². The number of piperazine rings is 1. The molecule has 1 fully saturated rings. The number of fused-ring (bicyclic) bond motifs is 1. The van der Waals surface area contributed by atoms with Crippen molar-refractivity contribution >= 4 is 38.7 Å². The van der Waals surface area contributed by atoms with Crippen molar-refractivity contribution in [2.75, 3.05) is 41.6 Å². The van der Waals surface area contributed by atoms with E-state index in [2.05, 4.69) is 9.71 Å². The van der Waals surface area contributed by atoms with Crippen molar-refractivity contribution in [3.63, 3.8) is 0 Å². The van der Waals surface area contributed by atoms with Gasteiger partial charge in [-0.05, 0) is 57.5 Å². The third-order valence-electron chi connectivity index (χ3n) is 5.83. The average molecular weight is 536 g/mol. The van der Waals surface area contributed by atoms with Gasteiger partial charge in [0, 0.05) is 32.4 Å². The molecular formula is C25H31F2N5O4S. The summed E-state index contributed by atoms with van der Waals surface area (Å²) in [5.74, 6) is -1.35. The number of carbonyl (C=O) groups excluding carboxylic acids is 1. The normalized spacial score (nSPS) is 14.8. The summed E-state index contributed by atoms with van der Waals surface area (Å²) in [6.07, 6.45) is 1.50. The predicted octanol–water partition coefficient (Wildman–Crippen LogP) is 4.51. The van der Waals surface area contributed by atoms with Gasteiger partial charge in [-0.1, -0.05) is 6.92 Å². The van der Waals surface area contributed by atoms with Gasteiger partial charge in [0.25, 0.3) is 0 Å². The Morgan fingerprint density at radius 3 is 2.43 bits per heavy atom. The van der Waals surface area contributed by atoms with Crippen LogP contribution in [0.25, 0.3) is 16.7 Å². The summed E-state index contributed by atoms with van der Waals surface area (Å²) in [6.45, 7) is 9.24. The number of pyridine rings is 1. The number of amides is 1. The fraction of sp³-hybridized carbons (Fsp3) is 0.440. The molecule has 1 aliphatic rings. The van der Waals surface area contributed by atoms with Gasteiger partial charge < -0.3 is 19.1 Å². The quantitative estimate of drug-likeness (QED) is 0.499. The molecule has 1 amide bonds. The number of hydrogen-bond acceptors (Lipinski definition) is 6. The van der Waals surface area contributed by atoms with E-state index in [9.17, 15) is 17.6 Å². The van der Waals surface area contributed by atoms with Crippen LogP contribution in [-0.4, -0.2) is 66.5 Å². The first-order chi connectivity index (χ1) is 17.4. The highest BCUT2D eigenvalue weighted by molar-refractivity contribution is 7.92. The van der Waals surface area contributed by atoms with Crippen molar-refractivity contribution in [3.05, 3.63) is 48.2 Å². The predicted molar refractivity (Wildman–Crippen MR) is 139 cm³/mol. The molecule has 0 radical (unpaired) electrons. The number of ether oxygens (including phenoxy) is 1. The Kier molecular flexibility index (Phi) is 7.31. The molecule has 4 rings (SSSR count). The maximum Gasteiger partial charge on any atom is 0.410 e. The first-order valence-electron chi connectivity index (χ1n) is 12.1. The number of aromatic nitrogens is 2.